The van der Waals surface area contributed by atoms with Crippen LogP contribution in [-0.4, -0.2) is 44.9 Å². The Morgan fingerprint density at radius 2 is 2.08 bits per heavy atom. The zero-order valence-corrected chi connectivity index (χ0v) is 14.8. The molecule has 25 heavy (non-hydrogen) atoms. The van der Waals surface area contributed by atoms with Gasteiger partial charge >= 0.3 is 0 Å². The third kappa shape index (κ3) is 3.78. The van der Waals surface area contributed by atoms with Crippen LogP contribution in [0.4, 0.5) is 0 Å². The molecule has 0 amide bonds. The number of rotatable bonds is 7. The van der Waals surface area contributed by atoms with Crippen molar-refractivity contribution in [3.05, 3.63) is 58.3 Å². The fraction of sp³-hybridized carbons (Fsp3) is 0.389. The van der Waals surface area contributed by atoms with Crippen molar-refractivity contribution in [1.82, 2.24) is 24.6 Å². The van der Waals surface area contributed by atoms with Gasteiger partial charge in [0.1, 0.15) is 11.2 Å². The number of aryl methyl sites for hydroxylation is 1. The van der Waals surface area contributed by atoms with Gasteiger partial charge in [-0.3, -0.25) is 14.4 Å². The highest BCUT2D eigenvalue weighted by Gasteiger charge is 2.18. The maximum Gasteiger partial charge on any atom is 0.262 e. The van der Waals surface area contributed by atoms with Crippen LogP contribution in [0.3, 0.4) is 0 Å². The summed E-state index contributed by atoms with van der Waals surface area (Å²) >= 11 is 0. The van der Waals surface area contributed by atoms with Gasteiger partial charge in [-0.2, -0.15) is 5.10 Å². The predicted molar refractivity (Wildman–Crippen MR) is 96.3 cm³/mol. The Kier molecular flexibility index (Phi) is 5.25. The maximum atomic E-state index is 12.3. The van der Waals surface area contributed by atoms with Crippen molar-refractivity contribution in [1.29, 1.82) is 0 Å². The van der Waals surface area contributed by atoms with Gasteiger partial charge in [0, 0.05) is 26.7 Å². The number of aromatic nitrogens is 4. The molecule has 0 spiro atoms. The summed E-state index contributed by atoms with van der Waals surface area (Å²) in [5, 5.41) is 4.62. The first-order valence-electron chi connectivity index (χ1n) is 8.29. The first-order valence-corrected chi connectivity index (χ1v) is 8.29. The Labute approximate surface area is 146 Å². The molecule has 1 atom stereocenters. The Morgan fingerprint density at radius 1 is 1.32 bits per heavy atom. The summed E-state index contributed by atoms with van der Waals surface area (Å²) in [6.07, 6.45) is 1.54. The van der Waals surface area contributed by atoms with Crippen molar-refractivity contribution in [2.24, 2.45) is 7.05 Å². The molecule has 0 saturated heterocycles. The van der Waals surface area contributed by atoms with Crippen LogP contribution < -0.4 is 5.56 Å². The third-order valence-electron chi connectivity index (χ3n) is 4.42. The van der Waals surface area contributed by atoms with Crippen molar-refractivity contribution < 1.29 is 4.74 Å². The van der Waals surface area contributed by atoms with Gasteiger partial charge in [-0.25, -0.2) is 4.98 Å². The average molecular weight is 341 g/mol. The molecule has 0 fully saturated rings. The van der Waals surface area contributed by atoms with E-state index in [1.807, 2.05) is 18.2 Å². The van der Waals surface area contributed by atoms with E-state index in [9.17, 15) is 4.79 Å². The number of benzene rings is 1. The zero-order chi connectivity index (χ0) is 17.8. The van der Waals surface area contributed by atoms with E-state index in [2.05, 4.69) is 39.0 Å². The number of nitrogens with one attached hydrogen (secondary N) is 1. The van der Waals surface area contributed by atoms with Crippen LogP contribution in [-0.2, 0) is 18.3 Å². The molecule has 2 aromatic heterocycles. The number of hydrogen-bond acceptors (Lipinski definition) is 5. The summed E-state index contributed by atoms with van der Waals surface area (Å²) < 4.78 is 6.87. The first-order chi connectivity index (χ1) is 12.1. The van der Waals surface area contributed by atoms with Crippen molar-refractivity contribution in [3.8, 4) is 0 Å². The second-order valence-electron chi connectivity index (χ2n) is 6.07. The van der Waals surface area contributed by atoms with Crippen LogP contribution in [0.15, 0.2) is 41.3 Å². The van der Waals surface area contributed by atoms with Crippen LogP contribution >= 0.6 is 0 Å². The normalized spacial score (nSPS) is 12.8. The molecule has 2 heterocycles. The van der Waals surface area contributed by atoms with Gasteiger partial charge in [0.25, 0.3) is 5.56 Å². The molecule has 0 bridgehead atoms. The van der Waals surface area contributed by atoms with Crippen LogP contribution in [0.25, 0.3) is 11.0 Å². The lowest BCUT2D eigenvalue weighted by Gasteiger charge is -2.28. The fourth-order valence-electron chi connectivity index (χ4n) is 2.91. The molecule has 0 saturated carbocycles. The molecule has 3 rings (SSSR count). The average Bonchev–Trinajstić information content (AvgIpc) is 3.00. The van der Waals surface area contributed by atoms with Crippen LogP contribution in [0, 0.1) is 0 Å². The van der Waals surface area contributed by atoms with E-state index in [1.54, 1.807) is 25.0 Å². The highest BCUT2D eigenvalue weighted by molar-refractivity contribution is 5.72. The maximum absolute atomic E-state index is 12.3. The predicted octanol–water partition coefficient (Wildman–Crippen LogP) is 1.87. The minimum absolute atomic E-state index is 0.160. The topological polar surface area (TPSA) is 76.0 Å². The van der Waals surface area contributed by atoms with Gasteiger partial charge in [0.15, 0.2) is 5.65 Å². The Morgan fingerprint density at radius 3 is 2.80 bits per heavy atom. The minimum atomic E-state index is -0.160. The molecule has 0 aliphatic carbocycles. The summed E-state index contributed by atoms with van der Waals surface area (Å²) in [7, 11) is 3.47. The molecule has 0 aliphatic rings. The highest BCUT2D eigenvalue weighted by atomic mass is 16.5. The number of aromatic amines is 1. The molecule has 7 nitrogen and oxygen atoms in total. The van der Waals surface area contributed by atoms with Gasteiger partial charge in [0.05, 0.1) is 19.3 Å². The molecule has 0 aliphatic heterocycles. The quantitative estimate of drug-likeness (QED) is 0.710. The third-order valence-corrected chi connectivity index (χ3v) is 4.42. The van der Waals surface area contributed by atoms with E-state index in [4.69, 9.17) is 4.74 Å². The number of H-pyrrole nitrogens is 1. The smallest absolute Gasteiger partial charge is 0.262 e. The number of methoxy groups -OCH3 is 1. The second-order valence-corrected chi connectivity index (χ2v) is 6.07. The van der Waals surface area contributed by atoms with Crippen LogP contribution in [0.2, 0.25) is 0 Å². The summed E-state index contributed by atoms with van der Waals surface area (Å²) in [5.74, 6) is 0.625. The lowest BCUT2D eigenvalue weighted by molar-refractivity contribution is 0.117. The van der Waals surface area contributed by atoms with Crippen molar-refractivity contribution in [2.45, 2.75) is 19.5 Å². The number of ether oxygens (including phenoxy) is 1. The standard InChI is InChI=1S/C18H23N5O2/c1-13(14-7-5-4-6-8-14)23(9-10-25-3)12-16-20-17-15(18(24)21-16)11-19-22(17)2/h4-8,11,13H,9-10,12H2,1-3H3,(H,20,21,24)/t13-/m1/s1. The Hall–Kier alpha value is -2.51. The molecule has 0 unspecified atom stereocenters. The van der Waals surface area contributed by atoms with Gasteiger partial charge in [-0.15, -0.1) is 0 Å². The minimum Gasteiger partial charge on any atom is -0.383 e. The van der Waals surface area contributed by atoms with Gasteiger partial charge in [0.2, 0.25) is 0 Å². The number of fused-ring (bicyclic) bond motifs is 1. The Balaban J connectivity index is 1.90. The molecule has 7 heteroatoms. The monoisotopic (exact) mass is 341 g/mol. The van der Waals surface area contributed by atoms with E-state index in [-0.39, 0.29) is 11.6 Å². The van der Waals surface area contributed by atoms with E-state index in [1.165, 1.54) is 5.56 Å². The number of hydrogen-bond donors (Lipinski definition) is 1. The van der Waals surface area contributed by atoms with E-state index >= 15 is 0 Å². The van der Waals surface area contributed by atoms with Crippen molar-refractivity contribution in [2.75, 3.05) is 20.3 Å². The highest BCUT2D eigenvalue weighted by Crippen LogP contribution is 2.21. The van der Waals surface area contributed by atoms with Crippen molar-refractivity contribution >= 4 is 11.0 Å². The molecule has 132 valence electrons. The summed E-state index contributed by atoms with van der Waals surface area (Å²) in [5.41, 5.74) is 1.65. The fourth-order valence-corrected chi connectivity index (χ4v) is 2.91. The van der Waals surface area contributed by atoms with Gasteiger partial charge in [-0.05, 0) is 12.5 Å². The summed E-state index contributed by atoms with van der Waals surface area (Å²) in [6, 6.07) is 10.4. The van der Waals surface area contributed by atoms with E-state index < -0.39 is 0 Å². The first kappa shape index (κ1) is 17.3. The number of nitrogens with zero attached hydrogens (tertiary/aromatic N) is 4. The summed E-state index contributed by atoms with van der Waals surface area (Å²) in [4.78, 5) is 21.9. The zero-order valence-electron chi connectivity index (χ0n) is 14.8. The SMILES string of the molecule is COCCN(Cc1nc2c(cnn2C)c(=O)[nH]1)[C@H](C)c1ccccc1. The van der Waals surface area contributed by atoms with E-state index in [0.717, 1.165) is 6.54 Å². The largest absolute Gasteiger partial charge is 0.383 e. The molecule has 1 N–H and O–H groups in total. The molecule has 0 radical (unpaired) electrons. The van der Waals surface area contributed by atoms with Crippen molar-refractivity contribution in [3.63, 3.8) is 0 Å². The molecular weight excluding hydrogens is 318 g/mol. The van der Waals surface area contributed by atoms with Crippen LogP contribution in [0.5, 0.6) is 0 Å². The lowest BCUT2D eigenvalue weighted by atomic mass is 10.1. The van der Waals surface area contributed by atoms with Gasteiger partial charge < -0.3 is 9.72 Å². The summed E-state index contributed by atoms with van der Waals surface area (Å²) in [6.45, 7) is 4.01. The molecule has 1 aromatic carbocycles. The van der Waals surface area contributed by atoms with E-state index in [0.29, 0.717) is 30.0 Å². The molecule has 3 aromatic rings. The van der Waals surface area contributed by atoms with Crippen LogP contribution in [0.1, 0.15) is 24.4 Å². The second kappa shape index (κ2) is 7.58. The Bertz CT molecular complexity index is 887. The molecular formula is C18H23N5O2. The lowest BCUT2D eigenvalue weighted by Crippen LogP contribution is -2.31. The van der Waals surface area contributed by atoms with Gasteiger partial charge in [-0.1, -0.05) is 30.3 Å².